The average molecular weight is 704 g/mol. The molecule has 3 aliphatic rings. The van der Waals surface area contributed by atoms with E-state index in [9.17, 15) is 19.2 Å². The quantitative estimate of drug-likeness (QED) is 0.249. The third-order valence-corrected chi connectivity index (χ3v) is 10.0. The number of hydrogen-bond donors (Lipinski definition) is 2. The number of allylic oxidation sites excluding steroid dienone is 1. The molecule has 0 bridgehead atoms. The molecule has 266 valence electrons. The molecule has 6 rings (SSSR count). The maximum absolute atomic E-state index is 14.4. The Morgan fingerprint density at radius 2 is 1.86 bits per heavy atom. The Hall–Kier alpha value is -4.52. The predicted octanol–water partition coefficient (Wildman–Crippen LogP) is 5.56. The second kappa shape index (κ2) is 14.8. The van der Waals surface area contributed by atoms with Crippen molar-refractivity contribution < 1.29 is 33.4 Å². The summed E-state index contributed by atoms with van der Waals surface area (Å²) in [5.41, 5.74) is -0.0443. The molecule has 1 aliphatic carbocycles. The van der Waals surface area contributed by atoms with Crippen molar-refractivity contribution in [2.45, 2.75) is 102 Å². The molecule has 2 unspecified atom stereocenters. The first-order valence-corrected chi connectivity index (χ1v) is 18.3. The molecule has 2 fully saturated rings. The molecule has 2 aromatic heterocycles. The van der Waals surface area contributed by atoms with Crippen LogP contribution in [-0.4, -0.2) is 81.2 Å². The third kappa shape index (κ3) is 7.93. The number of aromatic nitrogens is 2. The number of amides is 3. The Balaban J connectivity index is 1.33. The number of alkyl carbamates (subject to hydrolysis) is 1. The zero-order valence-electron chi connectivity index (χ0n) is 29.0. The van der Waals surface area contributed by atoms with Gasteiger partial charge >= 0.3 is 12.1 Å². The number of hydrogen-bond acceptors (Lipinski definition) is 10. The van der Waals surface area contributed by atoms with E-state index in [1.807, 2.05) is 53.9 Å². The summed E-state index contributed by atoms with van der Waals surface area (Å²) in [6.07, 6.45) is 6.76. The maximum atomic E-state index is 14.4. The first kappa shape index (κ1) is 35.3. The van der Waals surface area contributed by atoms with Crippen LogP contribution in [0.5, 0.6) is 5.88 Å². The van der Waals surface area contributed by atoms with E-state index in [0.717, 1.165) is 24.1 Å². The van der Waals surface area contributed by atoms with Gasteiger partial charge in [-0.1, -0.05) is 43.2 Å². The molecule has 0 spiro atoms. The standard InChI is InChI=1S/C37H45N5O7S/c1-5-47-34(45)37-21-23(37)14-9-7-6-8-10-17-27(40-35(46)49-36(2,3)4)33(44)42-22-24(20-28(42)31(43)41-37)48-32-30(29-18-13-19-50-29)38-25-15-11-12-16-26(25)39-32/h9,11-16,18-19,23-24,27-28H,5-8,10,17,20-22H2,1-4H3,(H,40,46)(H,41,43)/b14-9-/t23?,24?,27-,28-,37+/m0/s1. The minimum Gasteiger partial charge on any atom is -0.471 e. The lowest BCUT2D eigenvalue weighted by Crippen LogP contribution is -2.56. The number of thiophene rings is 1. The molecule has 0 radical (unpaired) electrons. The van der Waals surface area contributed by atoms with E-state index in [4.69, 9.17) is 24.2 Å². The van der Waals surface area contributed by atoms with Crippen LogP contribution >= 0.6 is 11.3 Å². The summed E-state index contributed by atoms with van der Waals surface area (Å²) < 4.78 is 17.5. The van der Waals surface area contributed by atoms with Crippen LogP contribution in [0.25, 0.3) is 21.6 Å². The summed E-state index contributed by atoms with van der Waals surface area (Å²) in [7, 11) is 0. The Morgan fingerprint density at radius 3 is 2.58 bits per heavy atom. The first-order chi connectivity index (χ1) is 24.0. The van der Waals surface area contributed by atoms with E-state index in [2.05, 4.69) is 10.6 Å². The molecule has 2 aliphatic heterocycles. The Kier molecular flexibility index (Phi) is 10.4. The lowest BCUT2D eigenvalue weighted by atomic mass is 10.0. The van der Waals surface area contributed by atoms with Gasteiger partial charge in [0.1, 0.15) is 35.0 Å². The molecule has 13 heteroatoms. The van der Waals surface area contributed by atoms with Crippen LogP contribution in [0.1, 0.15) is 72.6 Å². The van der Waals surface area contributed by atoms with Gasteiger partial charge < -0.3 is 29.7 Å². The number of rotatable bonds is 6. The summed E-state index contributed by atoms with van der Waals surface area (Å²) in [5.74, 6) is -1.31. The van der Waals surface area contributed by atoms with Gasteiger partial charge in [0, 0.05) is 12.3 Å². The lowest BCUT2D eigenvalue weighted by molar-refractivity contribution is -0.150. The van der Waals surface area contributed by atoms with Crippen molar-refractivity contribution in [3.05, 3.63) is 53.9 Å². The van der Waals surface area contributed by atoms with Gasteiger partial charge in [-0.3, -0.25) is 9.59 Å². The molecule has 1 aromatic carbocycles. The van der Waals surface area contributed by atoms with Gasteiger partial charge in [0.2, 0.25) is 17.7 Å². The van der Waals surface area contributed by atoms with Crippen molar-refractivity contribution in [3.63, 3.8) is 0 Å². The molecule has 2 N–H and O–H groups in total. The van der Waals surface area contributed by atoms with Gasteiger partial charge in [-0.15, -0.1) is 11.3 Å². The number of esters is 1. The number of fused-ring (bicyclic) bond motifs is 3. The van der Waals surface area contributed by atoms with E-state index in [1.54, 1.807) is 27.7 Å². The second-order valence-corrected chi connectivity index (χ2v) is 15.0. The average Bonchev–Trinajstić information content (AvgIpc) is 3.38. The summed E-state index contributed by atoms with van der Waals surface area (Å²) in [6.45, 7) is 7.22. The largest absolute Gasteiger partial charge is 0.471 e. The van der Waals surface area contributed by atoms with Crippen LogP contribution in [0.4, 0.5) is 4.79 Å². The molecule has 1 saturated carbocycles. The number of nitrogens with zero attached hydrogens (tertiary/aromatic N) is 3. The van der Waals surface area contributed by atoms with Crippen molar-refractivity contribution >= 4 is 46.2 Å². The minimum absolute atomic E-state index is 0.0531. The summed E-state index contributed by atoms with van der Waals surface area (Å²) in [6, 6.07) is 9.44. The molecule has 1 saturated heterocycles. The highest BCUT2D eigenvalue weighted by Crippen LogP contribution is 2.46. The van der Waals surface area contributed by atoms with Crippen LogP contribution in [0.15, 0.2) is 53.9 Å². The highest BCUT2D eigenvalue weighted by atomic mass is 32.1. The van der Waals surface area contributed by atoms with Crippen LogP contribution in [0, 0.1) is 5.92 Å². The molecule has 50 heavy (non-hydrogen) atoms. The number of nitrogens with one attached hydrogen (secondary N) is 2. The monoisotopic (exact) mass is 703 g/mol. The smallest absolute Gasteiger partial charge is 0.408 e. The molecular formula is C37H45N5O7S. The zero-order chi connectivity index (χ0) is 35.5. The zero-order valence-corrected chi connectivity index (χ0v) is 29.8. The summed E-state index contributed by atoms with van der Waals surface area (Å²) in [5, 5.41) is 7.72. The van der Waals surface area contributed by atoms with Crippen molar-refractivity contribution in [3.8, 4) is 16.5 Å². The van der Waals surface area contributed by atoms with E-state index < -0.39 is 53.2 Å². The van der Waals surface area contributed by atoms with Crippen molar-refractivity contribution in [1.29, 1.82) is 0 Å². The normalized spacial score (nSPS) is 26.4. The van der Waals surface area contributed by atoms with Gasteiger partial charge in [-0.25, -0.2) is 19.6 Å². The van der Waals surface area contributed by atoms with Gasteiger partial charge in [0.05, 0.1) is 29.1 Å². The number of benzene rings is 1. The van der Waals surface area contributed by atoms with Gasteiger partial charge in [-0.2, -0.15) is 0 Å². The highest BCUT2D eigenvalue weighted by molar-refractivity contribution is 7.13. The maximum Gasteiger partial charge on any atom is 0.408 e. The third-order valence-electron chi connectivity index (χ3n) is 9.14. The number of carbonyl (C=O) groups is 4. The van der Waals surface area contributed by atoms with Crippen molar-refractivity contribution in [2.75, 3.05) is 13.2 Å². The molecule has 4 heterocycles. The van der Waals surface area contributed by atoms with Crippen LogP contribution in [-0.2, 0) is 23.9 Å². The van der Waals surface area contributed by atoms with Crippen LogP contribution in [0.3, 0.4) is 0 Å². The van der Waals surface area contributed by atoms with Crippen molar-refractivity contribution in [2.24, 2.45) is 5.92 Å². The van der Waals surface area contributed by atoms with Crippen LogP contribution in [0.2, 0.25) is 0 Å². The molecular weight excluding hydrogens is 659 g/mol. The molecule has 5 atom stereocenters. The molecule has 3 aromatic rings. The lowest BCUT2D eigenvalue weighted by Gasteiger charge is -2.30. The van der Waals surface area contributed by atoms with E-state index in [-0.39, 0.29) is 25.5 Å². The van der Waals surface area contributed by atoms with Crippen molar-refractivity contribution in [1.82, 2.24) is 25.5 Å². The predicted molar refractivity (Wildman–Crippen MR) is 188 cm³/mol. The molecule has 3 amide bonds. The number of carbonyl (C=O) groups excluding carboxylic acids is 4. The SMILES string of the molecule is CCOC(=O)[C@@]12CC1/C=C\CCCCC[C@H](NC(=O)OC(C)(C)C)C(=O)N1CC(Oc3nc4ccccc4nc3-c3cccs3)C[C@H]1C(=O)N2. The van der Waals surface area contributed by atoms with Gasteiger partial charge in [0.25, 0.3) is 0 Å². The van der Waals surface area contributed by atoms with E-state index in [0.29, 0.717) is 41.9 Å². The Bertz CT molecular complexity index is 1760. The number of para-hydroxylation sites is 2. The minimum atomic E-state index is -1.21. The van der Waals surface area contributed by atoms with Gasteiger partial charge in [0.15, 0.2) is 0 Å². The Morgan fingerprint density at radius 1 is 1.08 bits per heavy atom. The van der Waals surface area contributed by atoms with Crippen LogP contribution < -0.4 is 15.4 Å². The first-order valence-electron chi connectivity index (χ1n) is 17.4. The topological polar surface area (TPSA) is 149 Å². The fraction of sp³-hybridized carbons (Fsp3) is 0.514. The molecule has 12 nitrogen and oxygen atoms in total. The second-order valence-electron chi connectivity index (χ2n) is 14.1. The Labute approximate surface area is 296 Å². The summed E-state index contributed by atoms with van der Waals surface area (Å²) >= 11 is 1.50. The fourth-order valence-corrected chi connectivity index (χ4v) is 7.35. The fourth-order valence-electron chi connectivity index (χ4n) is 6.64. The van der Waals surface area contributed by atoms with E-state index >= 15 is 0 Å². The van der Waals surface area contributed by atoms with E-state index in [1.165, 1.54) is 16.2 Å². The number of ether oxygens (including phenoxy) is 3. The highest BCUT2D eigenvalue weighted by Gasteiger charge is 2.62. The van der Waals surface area contributed by atoms with Gasteiger partial charge in [-0.05, 0) is 77.0 Å². The summed E-state index contributed by atoms with van der Waals surface area (Å²) in [4.78, 5) is 66.9.